The Balaban J connectivity index is 0.00000144. The van der Waals surface area contributed by atoms with Crippen molar-refractivity contribution in [3.8, 4) is 0 Å². The first-order valence-electron chi connectivity index (χ1n) is 4.91. The minimum Gasteiger partial charge on any atom is -0.751 e. The van der Waals surface area contributed by atoms with E-state index in [0.717, 1.165) is 0 Å². The second-order valence-corrected chi connectivity index (χ2v) is 3.30. The van der Waals surface area contributed by atoms with Crippen molar-refractivity contribution >= 4 is 11.6 Å². The fourth-order valence-electron chi connectivity index (χ4n) is 1.38. The van der Waals surface area contributed by atoms with Gasteiger partial charge in [0.05, 0.1) is 0 Å². The van der Waals surface area contributed by atoms with Crippen molar-refractivity contribution in [3.63, 3.8) is 0 Å². The molecule has 0 saturated carbocycles. The Morgan fingerprint density at radius 3 is 1.88 bits per heavy atom. The summed E-state index contributed by atoms with van der Waals surface area (Å²) in [6.07, 6.45) is 0. The van der Waals surface area contributed by atoms with Gasteiger partial charge < -0.3 is 10.3 Å². The first-order valence-corrected chi connectivity index (χ1v) is 4.91. The molecule has 0 aliphatic carbocycles. The third-order valence-corrected chi connectivity index (χ3v) is 2.20. The topological polar surface area (TPSA) is 43.4 Å². The molecule has 0 atom stereocenters. The number of para-hydroxylation sites is 1. The molecule has 1 amide bonds. The minimum absolute atomic E-state index is 0. The van der Waals surface area contributed by atoms with Crippen LogP contribution in [0.25, 0.3) is 0 Å². The average molecular weight is 276 g/mol. The number of hydrogen-bond donors (Lipinski definition) is 0. The largest absolute Gasteiger partial charge is 2.00 e. The summed E-state index contributed by atoms with van der Waals surface area (Å²) in [4.78, 5) is 11.8. The molecule has 0 spiro atoms. The van der Waals surface area contributed by atoms with Gasteiger partial charge in [0, 0.05) is 11.3 Å². The van der Waals surface area contributed by atoms with E-state index in [0.29, 0.717) is 16.3 Å². The van der Waals surface area contributed by atoms with Gasteiger partial charge in [0.15, 0.2) is 0 Å². The van der Waals surface area contributed by atoms with E-state index in [9.17, 15) is 10.0 Å². The molecule has 2 rings (SSSR count). The van der Waals surface area contributed by atoms with Crippen LogP contribution < -0.4 is 5.06 Å². The van der Waals surface area contributed by atoms with Gasteiger partial charge in [0.1, 0.15) is 0 Å². The summed E-state index contributed by atoms with van der Waals surface area (Å²) in [7, 11) is 0. The number of amides is 1. The quantitative estimate of drug-likeness (QED) is 0.625. The van der Waals surface area contributed by atoms with Gasteiger partial charge in [-0.05, 0) is 24.3 Å². The fraction of sp³-hybridized carbons (Fsp3) is 0. The predicted octanol–water partition coefficient (Wildman–Crippen LogP) is 2.83. The van der Waals surface area contributed by atoms with Crippen LogP contribution in [-0.2, 0) is 17.1 Å². The van der Waals surface area contributed by atoms with Crippen molar-refractivity contribution in [1.82, 2.24) is 0 Å². The van der Waals surface area contributed by atoms with Gasteiger partial charge in [-0.3, -0.25) is 4.79 Å². The summed E-state index contributed by atoms with van der Waals surface area (Å²) < 4.78 is 0. The third kappa shape index (κ3) is 3.17. The van der Waals surface area contributed by atoms with Gasteiger partial charge in [-0.1, -0.05) is 36.4 Å². The number of carbonyl (C=O) groups excluding carboxylic acids is 1. The number of hydroxylamine groups is 1. The van der Waals surface area contributed by atoms with Crippen molar-refractivity contribution in [2.75, 3.05) is 5.06 Å². The summed E-state index contributed by atoms with van der Waals surface area (Å²) in [5, 5.41) is 12.1. The Kier molecular flexibility index (Phi) is 4.91. The van der Waals surface area contributed by atoms with Gasteiger partial charge in [0.25, 0.3) is 0 Å². The van der Waals surface area contributed by atoms with Crippen molar-refractivity contribution in [1.29, 1.82) is 0 Å². The van der Waals surface area contributed by atoms with Crippen LogP contribution in [0.1, 0.15) is 10.4 Å². The standard InChI is InChI=1S/C13H10NO2.Cu/c15-13(11-7-3-1-4-8-11)14(16)12-9-5-2-6-10-12;/h1-10H;/q-1;+2. The molecule has 89 valence electrons. The molecular formula is C13H10CuNO2+. The molecule has 0 unspecified atom stereocenters. The van der Waals surface area contributed by atoms with E-state index in [1.807, 2.05) is 0 Å². The number of carbonyl (C=O) groups is 1. The zero-order valence-electron chi connectivity index (χ0n) is 8.84. The molecule has 2 aromatic rings. The van der Waals surface area contributed by atoms with Crippen LogP contribution in [0.4, 0.5) is 5.69 Å². The average Bonchev–Trinajstić information content (AvgIpc) is 2.39. The molecule has 1 radical (unpaired) electrons. The van der Waals surface area contributed by atoms with E-state index in [2.05, 4.69) is 0 Å². The molecule has 4 heteroatoms. The molecule has 3 nitrogen and oxygen atoms in total. The summed E-state index contributed by atoms with van der Waals surface area (Å²) in [5.74, 6) is -0.549. The van der Waals surface area contributed by atoms with Crippen LogP contribution >= 0.6 is 0 Å². The number of hydrogen-bond acceptors (Lipinski definition) is 2. The number of benzene rings is 2. The molecular weight excluding hydrogens is 266 g/mol. The van der Waals surface area contributed by atoms with Crippen molar-refractivity contribution in [2.45, 2.75) is 0 Å². The first-order chi connectivity index (χ1) is 7.79. The normalized spacial score (nSPS) is 9.24. The van der Waals surface area contributed by atoms with Gasteiger partial charge >= 0.3 is 17.1 Å². The van der Waals surface area contributed by atoms with Crippen LogP contribution in [0.2, 0.25) is 0 Å². The van der Waals surface area contributed by atoms with Crippen LogP contribution in [0.15, 0.2) is 60.7 Å². The van der Waals surface area contributed by atoms with Crippen LogP contribution in [0.3, 0.4) is 0 Å². The summed E-state index contributed by atoms with van der Waals surface area (Å²) >= 11 is 0. The van der Waals surface area contributed by atoms with Gasteiger partial charge in [0.2, 0.25) is 5.91 Å². The second kappa shape index (κ2) is 6.21. The van der Waals surface area contributed by atoms with Crippen LogP contribution in [0, 0.1) is 5.21 Å². The van der Waals surface area contributed by atoms with E-state index < -0.39 is 5.91 Å². The molecule has 0 N–H and O–H groups in total. The molecule has 2 aromatic carbocycles. The van der Waals surface area contributed by atoms with Gasteiger partial charge in [-0.15, -0.1) is 0 Å². The predicted molar refractivity (Wildman–Crippen MR) is 63.1 cm³/mol. The molecule has 0 aromatic heterocycles. The Labute approximate surface area is 110 Å². The fourth-order valence-corrected chi connectivity index (χ4v) is 1.38. The second-order valence-electron chi connectivity index (χ2n) is 3.30. The Bertz CT molecular complexity index is 473. The number of rotatable bonds is 2. The molecule has 0 saturated heterocycles. The Morgan fingerprint density at radius 1 is 0.882 bits per heavy atom. The smallest absolute Gasteiger partial charge is 0.751 e. The maximum Gasteiger partial charge on any atom is 2.00 e. The monoisotopic (exact) mass is 275 g/mol. The minimum atomic E-state index is -0.549. The Hall–Kier alpha value is -1.61. The van der Waals surface area contributed by atoms with E-state index >= 15 is 0 Å². The molecule has 0 aliphatic heterocycles. The first kappa shape index (κ1) is 13.5. The number of nitrogens with zero attached hydrogens (tertiary/aromatic N) is 1. The zero-order valence-corrected chi connectivity index (χ0v) is 9.78. The number of anilines is 1. The summed E-state index contributed by atoms with van der Waals surface area (Å²) in [6, 6.07) is 16.9. The van der Waals surface area contributed by atoms with E-state index in [-0.39, 0.29) is 17.1 Å². The van der Waals surface area contributed by atoms with Crippen LogP contribution in [0.5, 0.6) is 0 Å². The van der Waals surface area contributed by atoms with E-state index in [1.165, 1.54) is 0 Å². The zero-order chi connectivity index (χ0) is 11.4. The maximum atomic E-state index is 11.8. The van der Waals surface area contributed by atoms with E-state index in [1.54, 1.807) is 60.7 Å². The van der Waals surface area contributed by atoms with Crippen molar-refractivity contribution < 1.29 is 21.9 Å². The SMILES string of the molecule is O=C(c1ccccc1)N([O-])c1ccccc1.[Cu+2]. The molecule has 0 heterocycles. The summed E-state index contributed by atoms with van der Waals surface area (Å²) in [6.45, 7) is 0. The Morgan fingerprint density at radius 2 is 1.35 bits per heavy atom. The third-order valence-electron chi connectivity index (χ3n) is 2.20. The molecule has 0 aliphatic rings. The van der Waals surface area contributed by atoms with Crippen molar-refractivity contribution in [3.05, 3.63) is 71.4 Å². The van der Waals surface area contributed by atoms with Gasteiger partial charge in [-0.2, -0.15) is 0 Å². The van der Waals surface area contributed by atoms with E-state index in [4.69, 9.17) is 0 Å². The maximum absolute atomic E-state index is 11.8. The van der Waals surface area contributed by atoms with Gasteiger partial charge in [-0.25, -0.2) is 0 Å². The van der Waals surface area contributed by atoms with Crippen LogP contribution in [-0.4, -0.2) is 5.91 Å². The molecule has 0 bridgehead atoms. The van der Waals surface area contributed by atoms with Crippen molar-refractivity contribution in [2.24, 2.45) is 0 Å². The summed E-state index contributed by atoms with van der Waals surface area (Å²) in [5.41, 5.74) is 0.734. The molecule has 17 heavy (non-hydrogen) atoms. The molecule has 0 fully saturated rings.